The Morgan fingerprint density at radius 2 is 1.67 bits per heavy atom. The number of aliphatic imine (C=N–C) groups is 1. The Morgan fingerprint density at radius 1 is 0.963 bits per heavy atom. The van der Waals surface area contributed by atoms with E-state index >= 15 is 0 Å². The third-order valence-electron chi connectivity index (χ3n) is 4.35. The lowest BCUT2D eigenvalue weighted by molar-refractivity contribution is 0.590. The molecule has 0 aliphatic rings. The number of halogens is 2. The summed E-state index contributed by atoms with van der Waals surface area (Å²) >= 11 is 6.16. The maximum absolute atomic E-state index is 14.7. The number of hydrogen-bond donors (Lipinski definition) is 0. The molecule has 0 unspecified atom stereocenters. The minimum atomic E-state index is -0.572. The highest BCUT2D eigenvalue weighted by Crippen LogP contribution is 2.35. The third-order valence-corrected chi connectivity index (χ3v) is 5.63. The summed E-state index contributed by atoms with van der Waals surface area (Å²) in [5.41, 5.74) is 1.60. The van der Waals surface area contributed by atoms with E-state index in [4.69, 9.17) is 0 Å². The van der Waals surface area contributed by atoms with Crippen molar-refractivity contribution in [1.29, 1.82) is 0 Å². The van der Waals surface area contributed by atoms with E-state index in [2.05, 4.69) is 35.4 Å². The van der Waals surface area contributed by atoms with E-state index in [1.807, 2.05) is 6.07 Å². The van der Waals surface area contributed by atoms with Crippen molar-refractivity contribution in [2.24, 2.45) is 4.99 Å². The van der Waals surface area contributed by atoms with E-state index in [0.717, 1.165) is 17.7 Å². The van der Waals surface area contributed by atoms with Gasteiger partial charge in [0, 0.05) is 9.75 Å². The first kappa shape index (κ1) is 19.6. The Hall–Kier alpha value is -2.20. The first-order valence-electron chi connectivity index (χ1n) is 8.88. The average molecular weight is 400 g/mol. The summed E-state index contributed by atoms with van der Waals surface area (Å²) in [5.74, 6) is -1.14. The molecule has 5 heteroatoms. The monoisotopic (exact) mass is 399 g/mol. The molecule has 0 spiro atoms. The van der Waals surface area contributed by atoms with E-state index in [9.17, 15) is 8.78 Å². The molecule has 3 rings (SSSR count). The molecule has 3 aromatic rings. The van der Waals surface area contributed by atoms with Crippen LogP contribution in [0.1, 0.15) is 31.1 Å². The van der Waals surface area contributed by atoms with Gasteiger partial charge in [-0.3, -0.25) is 0 Å². The van der Waals surface area contributed by atoms with Crippen molar-refractivity contribution in [3.8, 4) is 21.6 Å². The number of hydrogen-bond acceptors (Lipinski definition) is 3. The van der Waals surface area contributed by atoms with Crippen molar-refractivity contribution in [2.75, 3.05) is 0 Å². The highest BCUT2D eigenvalue weighted by molar-refractivity contribution is 7.78. The van der Waals surface area contributed by atoms with Crippen LogP contribution < -0.4 is 0 Å². The van der Waals surface area contributed by atoms with Crippen molar-refractivity contribution in [1.82, 2.24) is 0 Å². The number of benzene rings is 2. The normalized spacial score (nSPS) is 10.6. The van der Waals surface area contributed by atoms with E-state index in [-0.39, 0.29) is 5.56 Å². The number of aryl methyl sites for hydroxylation is 1. The SMILES string of the molecule is CCCCCc1ccc(-c2cc(F)c(-c3ccc(N=C=S)cc3)c(F)c2)s1. The van der Waals surface area contributed by atoms with Crippen molar-refractivity contribution < 1.29 is 8.78 Å². The van der Waals surface area contributed by atoms with Gasteiger partial charge in [0.1, 0.15) is 11.6 Å². The molecule has 0 fully saturated rings. The molecule has 1 heterocycles. The quantitative estimate of drug-likeness (QED) is 0.224. The zero-order valence-electron chi connectivity index (χ0n) is 15.0. The second-order valence-corrected chi connectivity index (χ2v) is 7.64. The van der Waals surface area contributed by atoms with Crippen LogP contribution in [-0.2, 0) is 6.42 Å². The first-order chi connectivity index (χ1) is 13.1. The lowest BCUT2D eigenvalue weighted by Crippen LogP contribution is -1.91. The summed E-state index contributed by atoms with van der Waals surface area (Å²) in [7, 11) is 0. The molecule has 0 saturated carbocycles. The van der Waals surface area contributed by atoms with Gasteiger partial charge in [-0.25, -0.2) is 8.78 Å². The number of unbranched alkanes of at least 4 members (excludes halogenated alkanes) is 2. The number of rotatable bonds is 7. The third kappa shape index (κ3) is 4.75. The van der Waals surface area contributed by atoms with Gasteiger partial charge in [0.15, 0.2) is 0 Å². The average Bonchev–Trinajstić information content (AvgIpc) is 3.12. The second-order valence-electron chi connectivity index (χ2n) is 6.29. The summed E-state index contributed by atoms with van der Waals surface area (Å²) < 4.78 is 29.4. The van der Waals surface area contributed by atoms with Crippen LogP contribution in [0.25, 0.3) is 21.6 Å². The molecular formula is C22H19F2NS2. The Morgan fingerprint density at radius 3 is 2.30 bits per heavy atom. The Balaban J connectivity index is 1.87. The highest BCUT2D eigenvalue weighted by atomic mass is 32.1. The predicted octanol–water partition coefficient (Wildman–Crippen LogP) is 7.83. The fraction of sp³-hybridized carbons (Fsp3) is 0.227. The topological polar surface area (TPSA) is 12.4 Å². The van der Waals surface area contributed by atoms with Gasteiger partial charge in [-0.1, -0.05) is 31.9 Å². The van der Waals surface area contributed by atoms with Crippen molar-refractivity contribution >= 4 is 34.4 Å². The molecule has 0 N–H and O–H groups in total. The van der Waals surface area contributed by atoms with Crippen molar-refractivity contribution in [3.63, 3.8) is 0 Å². The summed E-state index contributed by atoms with van der Waals surface area (Å²) in [5, 5.41) is 2.27. The fourth-order valence-electron chi connectivity index (χ4n) is 2.96. The molecule has 0 radical (unpaired) electrons. The molecular weight excluding hydrogens is 380 g/mol. The van der Waals surface area contributed by atoms with Crippen LogP contribution in [0.15, 0.2) is 53.5 Å². The van der Waals surface area contributed by atoms with Gasteiger partial charge in [-0.2, -0.15) is 4.99 Å². The Labute approximate surface area is 167 Å². The van der Waals surface area contributed by atoms with Gasteiger partial charge < -0.3 is 0 Å². The molecule has 0 atom stereocenters. The largest absolute Gasteiger partial charge is 0.206 e. The van der Waals surface area contributed by atoms with Crippen LogP contribution in [0.4, 0.5) is 14.5 Å². The van der Waals surface area contributed by atoms with Gasteiger partial charge in [-0.15, -0.1) is 11.3 Å². The molecule has 0 aliphatic heterocycles. The molecule has 2 aromatic carbocycles. The lowest BCUT2D eigenvalue weighted by Gasteiger charge is -2.08. The molecule has 27 heavy (non-hydrogen) atoms. The predicted molar refractivity (Wildman–Crippen MR) is 113 cm³/mol. The second kappa shape index (κ2) is 9.14. The summed E-state index contributed by atoms with van der Waals surface area (Å²) in [6.45, 7) is 2.17. The van der Waals surface area contributed by atoms with Crippen molar-refractivity contribution in [2.45, 2.75) is 32.6 Å². The Kier molecular flexibility index (Phi) is 6.62. The number of thiophene rings is 1. The van der Waals surface area contributed by atoms with E-state index in [1.165, 1.54) is 29.9 Å². The van der Waals surface area contributed by atoms with Crippen LogP contribution >= 0.6 is 23.6 Å². The van der Waals surface area contributed by atoms with Gasteiger partial charge >= 0.3 is 0 Å². The fourth-order valence-corrected chi connectivity index (χ4v) is 4.11. The molecule has 1 nitrogen and oxygen atoms in total. The summed E-state index contributed by atoms with van der Waals surface area (Å²) in [6.07, 6.45) is 4.52. The van der Waals surface area contributed by atoms with Crippen LogP contribution in [0, 0.1) is 11.6 Å². The van der Waals surface area contributed by atoms with Crippen molar-refractivity contribution in [3.05, 3.63) is 65.0 Å². The van der Waals surface area contributed by atoms with E-state index in [1.54, 1.807) is 35.6 Å². The van der Waals surface area contributed by atoms with Crippen LogP contribution in [0.3, 0.4) is 0 Å². The van der Waals surface area contributed by atoms with Gasteiger partial charge in [0.25, 0.3) is 0 Å². The zero-order chi connectivity index (χ0) is 19.2. The first-order valence-corrected chi connectivity index (χ1v) is 10.1. The molecule has 0 saturated heterocycles. The smallest absolute Gasteiger partial charge is 0.134 e. The van der Waals surface area contributed by atoms with Crippen LogP contribution in [0.5, 0.6) is 0 Å². The van der Waals surface area contributed by atoms with E-state index in [0.29, 0.717) is 16.8 Å². The minimum absolute atomic E-state index is 0.0311. The lowest BCUT2D eigenvalue weighted by atomic mass is 10.0. The summed E-state index contributed by atoms with van der Waals surface area (Å²) in [6, 6.07) is 13.4. The minimum Gasteiger partial charge on any atom is -0.206 e. The molecule has 0 amide bonds. The van der Waals surface area contributed by atoms with Gasteiger partial charge in [0.2, 0.25) is 0 Å². The number of isothiocyanates is 1. The number of nitrogens with zero attached hydrogens (tertiary/aromatic N) is 1. The standard InChI is InChI=1S/C22H19F2NS2/c1-2-3-4-5-18-10-11-21(27-18)16-12-19(23)22(20(24)13-16)15-6-8-17(9-7-15)25-14-26/h6-13H,2-5H2,1H3. The maximum Gasteiger partial charge on any atom is 0.134 e. The molecule has 0 bridgehead atoms. The number of thiocarbonyl (C=S) groups is 1. The van der Waals surface area contributed by atoms with Gasteiger partial charge in [0.05, 0.1) is 16.4 Å². The molecule has 138 valence electrons. The van der Waals surface area contributed by atoms with Crippen LogP contribution in [0.2, 0.25) is 0 Å². The van der Waals surface area contributed by atoms with Gasteiger partial charge in [-0.05, 0) is 72.6 Å². The van der Waals surface area contributed by atoms with E-state index < -0.39 is 11.6 Å². The highest BCUT2D eigenvalue weighted by Gasteiger charge is 2.15. The van der Waals surface area contributed by atoms with Crippen LogP contribution in [-0.4, -0.2) is 5.16 Å². The summed E-state index contributed by atoms with van der Waals surface area (Å²) in [4.78, 5) is 5.98. The molecule has 1 aromatic heterocycles. The Bertz CT molecular complexity index is 947. The maximum atomic E-state index is 14.7. The zero-order valence-corrected chi connectivity index (χ0v) is 16.6. The molecule has 0 aliphatic carbocycles.